The third kappa shape index (κ3) is 10.4. The van der Waals surface area contributed by atoms with E-state index in [0.29, 0.717) is 13.1 Å². The van der Waals surface area contributed by atoms with Gasteiger partial charge in [0.1, 0.15) is 18.0 Å². The van der Waals surface area contributed by atoms with Gasteiger partial charge in [0.05, 0.1) is 0 Å². The molecule has 0 aliphatic carbocycles. The lowest BCUT2D eigenvalue weighted by Gasteiger charge is -2.24. The molecule has 0 aromatic carbocycles. The first-order chi connectivity index (χ1) is 14.8. The van der Waals surface area contributed by atoms with Crippen LogP contribution in [0.15, 0.2) is 4.99 Å². The molecule has 0 saturated carbocycles. The number of nitrogens with zero attached hydrogens (tertiary/aromatic N) is 4. The Morgan fingerprint density at radius 3 is 2.66 bits per heavy atom. The number of aromatic nitrogens is 3. The van der Waals surface area contributed by atoms with Gasteiger partial charge in [0.15, 0.2) is 11.8 Å². The van der Waals surface area contributed by atoms with Gasteiger partial charge in [-0.05, 0) is 47.0 Å². The molecule has 0 bridgehead atoms. The van der Waals surface area contributed by atoms with Gasteiger partial charge in [-0.2, -0.15) is 0 Å². The molecule has 9 nitrogen and oxygen atoms in total. The molecule has 0 saturated heterocycles. The van der Waals surface area contributed by atoms with Crippen molar-refractivity contribution in [1.29, 1.82) is 0 Å². The molecule has 1 atom stereocenters. The minimum Gasteiger partial charge on any atom is -0.444 e. The highest BCUT2D eigenvalue weighted by molar-refractivity contribution is 14.0. The van der Waals surface area contributed by atoms with Gasteiger partial charge in [0.2, 0.25) is 0 Å². The molecule has 0 spiro atoms. The minimum absolute atomic E-state index is 0. The van der Waals surface area contributed by atoms with Crippen LogP contribution in [0.1, 0.15) is 84.8 Å². The van der Waals surface area contributed by atoms with Crippen molar-refractivity contribution < 1.29 is 9.53 Å². The van der Waals surface area contributed by atoms with E-state index in [2.05, 4.69) is 37.6 Å². The normalized spacial score (nSPS) is 15.1. The monoisotopic (exact) mass is 563 g/mol. The molecular weight excluding hydrogens is 521 g/mol. The number of hydrogen-bond donors (Lipinski definition) is 3. The minimum atomic E-state index is -0.511. The average Bonchev–Trinajstić information content (AvgIpc) is 2.92. The highest BCUT2D eigenvalue weighted by atomic mass is 127. The third-order valence-electron chi connectivity index (χ3n) is 5.05. The number of guanidine groups is 1. The SMILES string of the molecule is CCCCC(CNC(=O)OC(C)(C)C)NC(=NCc1nnc2n1CCCCC2)NCC.I. The number of aliphatic imine (C=N–C) groups is 1. The zero-order chi connectivity index (χ0) is 22.7. The molecule has 1 aromatic rings. The van der Waals surface area contributed by atoms with E-state index >= 15 is 0 Å². The van der Waals surface area contributed by atoms with Crippen LogP contribution in [0, 0.1) is 0 Å². The molecule has 2 rings (SSSR count). The summed E-state index contributed by atoms with van der Waals surface area (Å²) in [7, 11) is 0. The van der Waals surface area contributed by atoms with Gasteiger partial charge in [-0.1, -0.05) is 26.2 Å². The molecule has 2 heterocycles. The molecule has 1 amide bonds. The van der Waals surface area contributed by atoms with Gasteiger partial charge in [-0.25, -0.2) is 9.79 Å². The van der Waals surface area contributed by atoms with E-state index < -0.39 is 11.7 Å². The average molecular weight is 564 g/mol. The van der Waals surface area contributed by atoms with Crippen LogP contribution in [-0.4, -0.2) is 51.5 Å². The van der Waals surface area contributed by atoms with E-state index in [1.54, 1.807) is 0 Å². The van der Waals surface area contributed by atoms with Crippen LogP contribution in [0.4, 0.5) is 4.79 Å². The zero-order valence-corrected chi connectivity index (χ0v) is 22.7. The number of fused-ring (bicyclic) bond motifs is 1. The molecule has 1 unspecified atom stereocenters. The van der Waals surface area contributed by atoms with E-state index in [-0.39, 0.29) is 30.0 Å². The number of ether oxygens (including phenoxy) is 1. The van der Waals surface area contributed by atoms with E-state index in [0.717, 1.165) is 62.8 Å². The van der Waals surface area contributed by atoms with Gasteiger partial charge < -0.3 is 25.3 Å². The fourth-order valence-electron chi connectivity index (χ4n) is 3.52. The maximum atomic E-state index is 12.1. The van der Waals surface area contributed by atoms with Gasteiger partial charge in [-0.15, -0.1) is 34.2 Å². The Kier molecular flexibility index (Phi) is 12.9. The lowest BCUT2D eigenvalue weighted by molar-refractivity contribution is 0.0522. The number of carbonyl (C=O) groups excluding carboxylic acids is 1. The molecule has 0 fully saturated rings. The van der Waals surface area contributed by atoms with E-state index in [1.165, 1.54) is 12.8 Å². The first kappa shape index (κ1) is 28.4. The largest absolute Gasteiger partial charge is 0.444 e. The number of carbonyl (C=O) groups is 1. The fraction of sp³-hybridized carbons (Fsp3) is 0.818. The smallest absolute Gasteiger partial charge is 0.407 e. The molecule has 1 aliphatic heterocycles. The molecule has 0 radical (unpaired) electrons. The number of aryl methyl sites for hydroxylation is 1. The highest BCUT2D eigenvalue weighted by Gasteiger charge is 2.18. The quantitative estimate of drug-likeness (QED) is 0.240. The van der Waals surface area contributed by atoms with Crippen LogP contribution in [0.5, 0.6) is 0 Å². The van der Waals surface area contributed by atoms with Crippen molar-refractivity contribution in [3.63, 3.8) is 0 Å². The first-order valence-corrected chi connectivity index (χ1v) is 11.7. The lowest BCUT2D eigenvalue weighted by atomic mass is 10.1. The summed E-state index contributed by atoms with van der Waals surface area (Å²) in [6, 6.07) is 0.0563. The Labute approximate surface area is 210 Å². The second-order valence-corrected chi connectivity index (χ2v) is 9.06. The number of nitrogens with one attached hydrogen (secondary N) is 3. The summed E-state index contributed by atoms with van der Waals surface area (Å²) in [6.45, 7) is 12.5. The highest BCUT2D eigenvalue weighted by Crippen LogP contribution is 2.15. The van der Waals surface area contributed by atoms with Crippen molar-refractivity contribution in [2.75, 3.05) is 13.1 Å². The van der Waals surface area contributed by atoms with Gasteiger partial charge in [0, 0.05) is 32.1 Å². The molecule has 3 N–H and O–H groups in total. The number of hydrogen-bond acceptors (Lipinski definition) is 5. The predicted octanol–water partition coefficient (Wildman–Crippen LogP) is 3.76. The summed E-state index contributed by atoms with van der Waals surface area (Å²) in [5.41, 5.74) is -0.511. The maximum Gasteiger partial charge on any atom is 0.407 e. The van der Waals surface area contributed by atoms with E-state index in [4.69, 9.17) is 9.73 Å². The second-order valence-electron chi connectivity index (χ2n) is 9.06. The van der Waals surface area contributed by atoms with Gasteiger partial charge in [0.25, 0.3) is 0 Å². The zero-order valence-electron chi connectivity index (χ0n) is 20.4. The Morgan fingerprint density at radius 2 is 1.97 bits per heavy atom. The van der Waals surface area contributed by atoms with E-state index in [1.807, 2.05) is 27.7 Å². The summed E-state index contributed by atoms with van der Waals surface area (Å²) in [6.07, 6.45) is 7.24. The molecule has 184 valence electrons. The number of halogens is 1. The third-order valence-corrected chi connectivity index (χ3v) is 5.05. The van der Waals surface area contributed by atoms with Crippen molar-refractivity contribution in [1.82, 2.24) is 30.7 Å². The fourth-order valence-corrected chi connectivity index (χ4v) is 3.52. The van der Waals surface area contributed by atoms with Crippen LogP contribution in [0.3, 0.4) is 0 Å². The molecule has 1 aliphatic rings. The Morgan fingerprint density at radius 1 is 1.19 bits per heavy atom. The lowest BCUT2D eigenvalue weighted by Crippen LogP contribution is -2.49. The first-order valence-electron chi connectivity index (χ1n) is 11.7. The maximum absolute atomic E-state index is 12.1. The van der Waals surface area contributed by atoms with Crippen LogP contribution >= 0.6 is 24.0 Å². The molecular formula is C22H42IN7O2. The molecule has 32 heavy (non-hydrogen) atoms. The van der Waals surface area contributed by atoms with E-state index in [9.17, 15) is 4.79 Å². The summed E-state index contributed by atoms with van der Waals surface area (Å²) in [5.74, 6) is 2.70. The second kappa shape index (κ2) is 14.5. The standard InChI is InChI=1S/C22H41N7O2.HI/c1-6-8-12-17(15-25-21(30)31-22(3,4)5)26-20(23-7-2)24-16-19-28-27-18-13-10-9-11-14-29(18)19;/h17H,6-16H2,1-5H3,(H,25,30)(H2,23,24,26);1H. The van der Waals surface area contributed by atoms with Crippen molar-refractivity contribution >= 4 is 36.0 Å². The Balaban J connectivity index is 0.00000512. The molecule has 1 aromatic heterocycles. The summed E-state index contributed by atoms with van der Waals surface area (Å²) in [4.78, 5) is 16.8. The number of rotatable bonds is 9. The Bertz CT molecular complexity index is 716. The van der Waals surface area contributed by atoms with Crippen molar-refractivity contribution in [2.24, 2.45) is 4.99 Å². The number of alkyl carbamates (subject to hydrolysis) is 1. The summed E-state index contributed by atoms with van der Waals surface area (Å²) < 4.78 is 7.58. The summed E-state index contributed by atoms with van der Waals surface area (Å²) >= 11 is 0. The van der Waals surface area contributed by atoms with Crippen molar-refractivity contribution in [2.45, 2.75) is 104 Å². The number of unbranched alkanes of at least 4 members (excludes halogenated alkanes) is 1. The van der Waals surface area contributed by atoms with Crippen LogP contribution in [0.25, 0.3) is 0 Å². The number of amides is 1. The van der Waals surface area contributed by atoms with Gasteiger partial charge in [-0.3, -0.25) is 0 Å². The van der Waals surface area contributed by atoms with Crippen LogP contribution < -0.4 is 16.0 Å². The van der Waals surface area contributed by atoms with Crippen molar-refractivity contribution in [3.8, 4) is 0 Å². The molecule has 10 heteroatoms. The Hall–Kier alpha value is -1.59. The summed E-state index contributed by atoms with van der Waals surface area (Å²) in [5, 5.41) is 18.4. The van der Waals surface area contributed by atoms with Crippen LogP contribution in [-0.2, 0) is 24.2 Å². The van der Waals surface area contributed by atoms with Crippen molar-refractivity contribution in [3.05, 3.63) is 11.6 Å². The van der Waals surface area contributed by atoms with Gasteiger partial charge >= 0.3 is 6.09 Å². The predicted molar refractivity (Wildman–Crippen MR) is 138 cm³/mol. The topological polar surface area (TPSA) is 105 Å². The van der Waals surface area contributed by atoms with Crippen LogP contribution in [0.2, 0.25) is 0 Å².